The first-order valence-corrected chi connectivity index (χ1v) is 14.5. The van der Waals surface area contributed by atoms with Crippen LogP contribution >= 0.6 is 11.6 Å². The fourth-order valence-electron chi connectivity index (χ4n) is 5.68. The minimum atomic E-state index is -4.72. The Hall–Kier alpha value is -4.78. The zero-order valence-corrected chi connectivity index (χ0v) is 25.2. The van der Waals surface area contributed by atoms with Crippen molar-refractivity contribution in [3.63, 3.8) is 0 Å². The van der Waals surface area contributed by atoms with Gasteiger partial charge in [0, 0.05) is 17.7 Å². The summed E-state index contributed by atoms with van der Waals surface area (Å²) in [6.45, 7) is 2.99. The number of aromatic nitrogens is 2. The summed E-state index contributed by atoms with van der Waals surface area (Å²) in [6.07, 6.45) is -4.72. The molecule has 2 N–H and O–H groups in total. The summed E-state index contributed by atoms with van der Waals surface area (Å²) in [4.78, 5) is 41.5. The van der Waals surface area contributed by atoms with Crippen molar-refractivity contribution in [1.82, 2.24) is 20.4 Å². The van der Waals surface area contributed by atoms with Gasteiger partial charge in [0.1, 0.15) is 17.7 Å². The first kappa shape index (κ1) is 32.6. The standard InChI is InChI=1S/C32H27ClF5N5O3/c1-3-42-29-24(23(17-39-28(45)26(33)35)41-43(29)22-10-5-4-6-11-22)31(2,19-12-14-21(34)15-13-19)25(30(42)46)40-27(44)18-8-7-9-20(16-18)32(36,37)38/h4-16,25-26H,3,17H2,1-2H3,(H,39,45)(H,40,44)/t25-,26?,31-/m1/s1. The number of likely N-dealkylation sites (N-methyl/N-ethyl adjacent to an activating group) is 1. The Morgan fingerprint density at radius 1 is 1.04 bits per heavy atom. The molecule has 0 radical (unpaired) electrons. The maximum atomic E-state index is 14.4. The van der Waals surface area contributed by atoms with Gasteiger partial charge < -0.3 is 10.6 Å². The molecule has 240 valence electrons. The largest absolute Gasteiger partial charge is 0.416 e. The third-order valence-corrected chi connectivity index (χ3v) is 8.11. The summed E-state index contributed by atoms with van der Waals surface area (Å²) in [5, 5.41) is 9.72. The highest BCUT2D eigenvalue weighted by atomic mass is 35.5. The Morgan fingerprint density at radius 2 is 1.72 bits per heavy atom. The number of para-hydroxylation sites is 1. The zero-order valence-electron chi connectivity index (χ0n) is 24.4. The SMILES string of the molecule is CCN1C(=O)[C@@H](NC(=O)c2cccc(C(F)(F)F)c2)[C@](C)(c2ccc(F)cc2)c2c(CNC(=O)C(F)Cl)nn(-c3ccccc3)c21. The molecule has 0 aliphatic carbocycles. The molecule has 8 nitrogen and oxygen atoms in total. The lowest BCUT2D eigenvalue weighted by Crippen LogP contribution is -2.62. The number of amides is 3. The molecule has 5 rings (SSSR count). The van der Waals surface area contributed by atoms with Crippen molar-refractivity contribution in [1.29, 1.82) is 0 Å². The molecule has 3 amide bonds. The predicted molar refractivity (Wildman–Crippen MR) is 160 cm³/mol. The number of rotatable bonds is 8. The lowest BCUT2D eigenvalue weighted by atomic mass is 9.67. The highest BCUT2D eigenvalue weighted by Gasteiger charge is 2.54. The molecule has 1 aliphatic heterocycles. The molecule has 1 aliphatic rings. The van der Waals surface area contributed by atoms with Crippen LogP contribution in [0, 0.1) is 5.82 Å². The molecule has 3 atom stereocenters. The zero-order chi connectivity index (χ0) is 33.4. The second-order valence-electron chi connectivity index (χ2n) is 10.7. The van der Waals surface area contributed by atoms with Gasteiger partial charge in [-0.25, -0.2) is 13.5 Å². The maximum Gasteiger partial charge on any atom is 0.416 e. The predicted octanol–water partition coefficient (Wildman–Crippen LogP) is 5.65. The van der Waals surface area contributed by atoms with Crippen LogP contribution in [0.5, 0.6) is 0 Å². The number of nitrogens with zero attached hydrogens (tertiary/aromatic N) is 3. The Morgan fingerprint density at radius 3 is 2.33 bits per heavy atom. The Kier molecular flexibility index (Phi) is 8.89. The van der Waals surface area contributed by atoms with Gasteiger partial charge in [0.2, 0.25) is 0 Å². The van der Waals surface area contributed by atoms with Gasteiger partial charge in [-0.2, -0.15) is 18.3 Å². The van der Waals surface area contributed by atoms with Crippen molar-refractivity contribution < 1.29 is 36.3 Å². The number of fused-ring (bicyclic) bond motifs is 1. The van der Waals surface area contributed by atoms with Crippen molar-refractivity contribution in [3.05, 3.63) is 113 Å². The molecule has 0 saturated heterocycles. The molecule has 1 aromatic heterocycles. The van der Waals surface area contributed by atoms with Crippen LogP contribution in [0.1, 0.15) is 46.6 Å². The van der Waals surface area contributed by atoms with Crippen molar-refractivity contribution >= 4 is 35.1 Å². The van der Waals surface area contributed by atoms with Gasteiger partial charge in [-0.15, -0.1) is 0 Å². The number of hydrogen-bond donors (Lipinski definition) is 2. The third-order valence-electron chi connectivity index (χ3n) is 7.92. The van der Waals surface area contributed by atoms with Crippen LogP contribution in [0.3, 0.4) is 0 Å². The molecule has 0 bridgehead atoms. The van der Waals surface area contributed by atoms with E-state index >= 15 is 0 Å². The van der Waals surface area contributed by atoms with E-state index in [1.807, 2.05) is 0 Å². The van der Waals surface area contributed by atoms with E-state index in [9.17, 15) is 36.3 Å². The fourth-order valence-corrected chi connectivity index (χ4v) is 5.75. The van der Waals surface area contributed by atoms with Crippen molar-refractivity contribution in [2.45, 2.75) is 43.7 Å². The molecule has 3 aromatic carbocycles. The first-order chi connectivity index (χ1) is 21.8. The Bertz CT molecular complexity index is 1780. The maximum absolute atomic E-state index is 14.4. The summed E-state index contributed by atoms with van der Waals surface area (Å²) in [6, 6.07) is 16.1. The summed E-state index contributed by atoms with van der Waals surface area (Å²) in [7, 11) is 0. The molecular weight excluding hydrogens is 633 g/mol. The van der Waals surface area contributed by atoms with E-state index in [-0.39, 0.29) is 30.2 Å². The van der Waals surface area contributed by atoms with Crippen molar-refractivity contribution in [3.8, 4) is 5.69 Å². The second kappa shape index (κ2) is 12.5. The van der Waals surface area contributed by atoms with Crippen LogP contribution in [0.4, 0.5) is 27.8 Å². The van der Waals surface area contributed by atoms with E-state index in [2.05, 4.69) is 10.6 Å². The highest BCUT2D eigenvalue weighted by Crippen LogP contribution is 2.48. The monoisotopic (exact) mass is 659 g/mol. The van der Waals surface area contributed by atoms with Crippen molar-refractivity contribution in [2.75, 3.05) is 11.4 Å². The van der Waals surface area contributed by atoms with Crippen LogP contribution in [-0.2, 0) is 27.7 Å². The molecule has 4 aromatic rings. The number of hydrogen-bond acceptors (Lipinski definition) is 4. The van der Waals surface area contributed by atoms with E-state index in [0.717, 1.165) is 24.3 Å². The van der Waals surface area contributed by atoms with E-state index in [0.29, 0.717) is 22.9 Å². The topological polar surface area (TPSA) is 96.3 Å². The smallest absolute Gasteiger partial charge is 0.347 e. The second-order valence-corrected chi connectivity index (χ2v) is 11.1. The molecule has 0 fully saturated rings. The van der Waals surface area contributed by atoms with Gasteiger partial charge in [0.25, 0.3) is 23.4 Å². The van der Waals surface area contributed by atoms with Crippen LogP contribution < -0.4 is 15.5 Å². The molecule has 1 unspecified atom stereocenters. The average Bonchev–Trinajstić information content (AvgIpc) is 3.42. The number of carbonyl (C=O) groups excluding carboxylic acids is 3. The molecule has 46 heavy (non-hydrogen) atoms. The number of carbonyl (C=O) groups is 3. The van der Waals surface area contributed by atoms with Crippen LogP contribution in [0.15, 0.2) is 78.9 Å². The van der Waals surface area contributed by atoms with Gasteiger partial charge in [0.15, 0.2) is 0 Å². The normalized spacial score (nSPS) is 18.6. The van der Waals surface area contributed by atoms with Crippen LogP contribution in [0.25, 0.3) is 5.69 Å². The van der Waals surface area contributed by atoms with Gasteiger partial charge in [0.05, 0.1) is 28.9 Å². The van der Waals surface area contributed by atoms with Gasteiger partial charge in [-0.05, 0) is 61.9 Å². The molecule has 0 spiro atoms. The van der Waals surface area contributed by atoms with E-state index < -0.39 is 52.4 Å². The highest BCUT2D eigenvalue weighted by molar-refractivity contribution is 6.29. The van der Waals surface area contributed by atoms with Gasteiger partial charge >= 0.3 is 6.18 Å². The lowest BCUT2D eigenvalue weighted by molar-refractivity contribution is -0.137. The lowest BCUT2D eigenvalue weighted by Gasteiger charge is -2.45. The van der Waals surface area contributed by atoms with Crippen molar-refractivity contribution in [2.24, 2.45) is 0 Å². The Balaban J connectivity index is 1.74. The van der Waals surface area contributed by atoms with E-state index in [1.54, 1.807) is 44.2 Å². The van der Waals surface area contributed by atoms with Gasteiger partial charge in [-0.1, -0.05) is 48.0 Å². The van der Waals surface area contributed by atoms with Gasteiger partial charge in [-0.3, -0.25) is 19.3 Å². The number of benzene rings is 3. The van der Waals surface area contributed by atoms with E-state index in [1.165, 1.54) is 27.8 Å². The fraction of sp³-hybridized carbons (Fsp3) is 0.250. The van der Waals surface area contributed by atoms with E-state index in [4.69, 9.17) is 16.7 Å². The van der Waals surface area contributed by atoms with Crippen LogP contribution in [-0.4, -0.2) is 45.7 Å². The minimum absolute atomic E-state index is 0.0693. The number of halogens is 6. The molecule has 2 heterocycles. The first-order valence-electron chi connectivity index (χ1n) is 14.1. The summed E-state index contributed by atoms with van der Waals surface area (Å²) in [5.74, 6) is -3.05. The quantitative estimate of drug-likeness (QED) is 0.189. The number of alkyl halides is 5. The third kappa shape index (κ3) is 5.94. The summed E-state index contributed by atoms with van der Waals surface area (Å²) < 4.78 is 69.7. The Labute approximate surface area is 265 Å². The number of nitrogens with one attached hydrogen (secondary N) is 2. The molecule has 14 heteroatoms. The summed E-state index contributed by atoms with van der Waals surface area (Å²) >= 11 is 5.34. The average molecular weight is 660 g/mol. The van der Waals surface area contributed by atoms with Crippen LogP contribution in [0.2, 0.25) is 0 Å². The minimum Gasteiger partial charge on any atom is -0.347 e. The summed E-state index contributed by atoms with van der Waals surface area (Å²) in [5.41, 5.74) is -3.95. The molecule has 0 saturated carbocycles. The number of anilines is 1. The molecular formula is C32H27ClF5N5O3.